The van der Waals surface area contributed by atoms with Crippen LogP contribution in [0.1, 0.15) is 38.5 Å². The van der Waals surface area contributed by atoms with Gasteiger partial charge in [-0.3, -0.25) is 4.79 Å². The molecule has 2 N–H and O–H groups in total. The van der Waals surface area contributed by atoms with Crippen molar-refractivity contribution >= 4 is 5.97 Å². The standard InChI is InChI=1S/C11H18F3NO2/c12-11(13,14)5-2-1-3-9-7-8(10(16)17)4-6-15-9/h8-9,15H,1-7H2,(H,16,17). The Morgan fingerprint density at radius 1 is 1.35 bits per heavy atom. The normalized spacial score (nSPS) is 25.8. The molecule has 3 nitrogen and oxygen atoms in total. The van der Waals surface area contributed by atoms with E-state index in [0.29, 0.717) is 32.2 Å². The molecule has 17 heavy (non-hydrogen) atoms. The van der Waals surface area contributed by atoms with Gasteiger partial charge in [0.15, 0.2) is 0 Å². The van der Waals surface area contributed by atoms with Crippen LogP contribution in [0.2, 0.25) is 0 Å². The van der Waals surface area contributed by atoms with Crippen LogP contribution >= 0.6 is 0 Å². The van der Waals surface area contributed by atoms with Gasteiger partial charge in [-0.2, -0.15) is 13.2 Å². The van der Waals surface area contributed by atoms with Gasteiger partial charge in [-0.25, -0.2) is 0 Å². The molecule has 0 saturated carbocycles. The molecule has 2 unspecified atom stereocenters. The SMILES string of the molecule is O=C(O)C1CCNC(CCCCC(F)(F)F)C1. The number of hydrogen-bond donors (Lipinski definition) is 2. The summed E-state index contributed by atoms with van der Waals surface area (Å²) in [4.78, 5) is 10.8. The lowest BCUT2D eigenvalue weighted by molar-refractivity contribution is -0.143. The second-order valence-corrected chi connectivity index (χ2v) is 4.57. The van der Waals surface area contributed by atoms with Gasteiger partial charge in [0.2, 0.25) is 0 Å². The highest BCUT2D eigenvalue weighted by molar-refractivity contribution is 5.70. The molecule has 6 heteroatoms. The fraction of sp³-hybridized carbons (Fsp3) is 0.909. The molecule has 1 rings (SSSR count). The van der Waals surface area contributed by atoms with Gasteiger partial charge in [0.25, 0.3) is 0 Å². The number of carbonyl (C=O) groups is 1. The molecule has 0 radical (unpaired) electrons. The number of carboxylic acid groups (broad SMARTS) is 1. The van der Waals surface area contributed by atoms with E-state index in [1.807, 2.05) is 0 Å². The van der Waals surface area contributed by atoms with E-state index >= 15 is 0 Å². The van der Waals surface area contributed by atoms with E-state index in [1.165, 1.54) is 0 Å². The highest BCUT2D eigenvalue weighted by atomic mass is 19.4. The molecule has 1 fully saturated rings. The second-order valence-electron chi connectivity index (χ2n) is 4.57. The largest absolute Gasteiger partial charge is 0.481 e. The Morgan fingerprint density at radius 2 is 2.06 bits per heavy atom. The predicted molar refractivity (Wildman–Crippen MR) is 56.7 cm³/mol. The van der Waals surface area contributed by atoms with Crippen molar-refractivity contribution in [2.75, 3.05) is 6.54 Å². The summed E-state index contributed by atoms with van der Waals surface area (Å²) in [6, 6.07) is 0.0538. The van der Waals surface area contributed by atoms with Crippen LogP contribution in [0.15, 0.2) is 0 Å². The Hall–Kier alpha value is -0.780. The maximum Gasteiger partial charge on any atom is 0.389 e. The molecule has 2 atom stereocenters. The minimum Gasteiger partial charge on any atom is -0.481 e. The van der Waals surface area contributed by atoms with E-state index in [9.17, 15) is 18.0 Å². The smallest absolute Gasteiger partial charge is 0.389 e. The van der Waals surface area contributed by atoms with Gasteiger partial charge < -0.3 is 10.4 Å². The van der Waals surface area contributed by atoms with Gasteiger partial charge in [-0.05, 0) is 32.2 Å². The van der Waals surface area contributed by atoms with Crippen LogP contribution in [0.4, 0.5) is 13.2 Å². The number of rotatable bonds is 5. The molecule has 1 aliphatic heterocycles. The van der Waals surface area contributed by atoms with Crippen molar-refractivity contribution in [2.45, 2.75) is 50.7 Å². The molecule has 0 aromatic rings. The first-order chi connectivity index (χ1) is 7.88. The Balaban J connectivity index is 2.17. The highest BCUT2D eigenvalue weighted by Crippen LogP contribution is 2.24. The number of unbranched alkanes of at least 4 members (excludes halogenated alkanes) is 1. The molecule has 0 amide bonds. The van der Waals surface area contributed by atoms with Crippen molar-refractivity contribution in [3.8, 4) is 0 Å². The summed E-state index contributed by atoms with van der Waals surface area (Å²) in [7, 11) is 0. The van der Waals surface area contributed by atoms with Crippen molar-refractivity contribution in [1.29, 1.82) is 0 Å². The maximum atomic E-state index is 11.9. The van der Waals surface area contributed by atoms with Crippen LogP contribution in [-0.2, 0) is 4.79 Å². The third-order valence-electron chi connectivity index (χ3n) is 3.11. The van der Waals surface area contributed by atoms with E-state index in [1.54, 1.807) is 0 Å². The summed E-state index contributed by atoms with van der Waals surface area (Å²) in [5.41, 5.74) is 0. The van der Waals surface area contributed by atoms with Crippen LogP contribution in [-0.4, -0.2) is 29.8 Å². The van der Waals surface area contributed by atoms with Crippen LogP contribution in [0.5, 0.6) is 0 Å². The monoisotopic (exact) mass is 253 g/mol. The molecule has 0 aromatic heterocycles. The lowest BCUT2D eigenvalue weighted by atomic mass is 9.90. The molecule has 0 bridgehead atoms. The number of halogens is 3. The number of hydrogen-bond acceptors (Lipinski definition) is 2. The van der Waals surface area contributed by atoms with E-state index < -0.39 is 18.6 Å². The molecule has 0 aromatic carbocycles. The molecule has 1 saturated heterocycles. The Bertz CT molecular complexity index is 256. The quantitative estimate of drug-likeness (QED) is 0.740. The fourth-order valence-corrected chi connectivity index (χ4v) is 2.17. The summed E-state index contributed by atoms with van der Waals surface area (Å²) in [5, 5.41) is 12.0. The maximum absolute atomic E-state index is 11.9. The first-order valence-electron chi connectivity index (χ1n) is 5.91. The van der Waals surface area contributed by atoms with E-state index in [-0.39, 0.29) is 18.4 Å². The lowest BCUT2D eigenvalue weighted by Gasteiger charge is -2.28. The van der Waals surface area contributed by atoms with E-state index in [4.69, 9.17) is 5.11 Å². The van der Waals surface area contributed by atoms with Crippen LogP contribution in [0, 0.1) is 5.92 Å². The summed E-state index contributed by atoms with van der Waals surface area (Å²) >= 11 is 0. The minimum absolute atomic E-state index is 0.0538. The van der Waals surface area contributed by atoms with Gasteiger partial charge in [-0.15, -0.1) is 0 Å². The van der Waals surface area contributed by atoms with Crippen LogP contribution in [0.3, 0.4) is 0 Å². The molecule has 0 spiro atoms. The van der Waals surface area contributed by atoms with E-state index in [2.05, 4.69) is 5.32 Å². The number of piperidine rings is 1. The first-order valence-corrected chi connectivity index (χ1v) is 5.91. The summed E-state index contributed by atoms with van der Waals surface area (Å²) < 4.78 is 35.7. The van der Waals surface area contributed by atoms with Crippen LogP contribution < -0.4 is 5.32 Å². The Morgan fingerprint density at radius 3 is 2.65 bits per heavy atom. The van der Waals surface area contributed by atoms with Gasteiger partial charge in [0, 0.05) is 12.5 Å². The van der Waals surface area contributed by atoms with Crippen molar-refractivity contribution in [1.82, 2.24) is 5.32 Å². The Kier molecular flexibility index (Phi) is 5.24. The number of nitrogens with one attached hydrogen (secondary N) is 1. The summed E-state index contributed by atoms with van der Waals surface area (Å²) in [5.74, 6) is -1.14. The average molecular weight is 253 g/mol. The third kappa shape index (κ3) is 5.91. The molecule has 0 aliphatic carbocycles. The van der Waals surface area contributed by atoms with Gasteiger partial charge >= 0.3 is 12.1 Å². The van der Waals surface area contributed by atoms with Gasteiger partial charge in [0.1, 0.15) is 0 Å². The molecule has 100 valence electrons. The zero-order valence-corrected chi connectivity index (χ0v) is 9.59. The molecule has 1 aliphatic rings. The second kappa shape index (κ2) is 6.23. The number of aliphatic carboxylic acids is 1. The van der Waals surface area contributed by atoms with Crippen molar-refractivity contribution in [3.63, 3.8) is 0 Å². The zero-order valence-electron chi connectivity index (χ0n) is 9.59. The predicted octanol–water partition coefficient (Wildman–Crippen LogP) is 2.56. The molecular weight excluding hydrogens is 235 g/mol. The van der Waals surface area contributed by atoms with Crippen molar-refractivity contribution in [3.05, 3.63) is 0 Å². The van der Waals surface area contributed by atoms with Crippen molar-refractivity contribution in [2.24, 2.45) is 5.92 Å². The fourth-order valence-electron chi connectivity index (χ4n) is 2.17. The third-order valence-corrected chi connectivity index (χ3v) is 3.11. The summed E-state index contributed by atoms with van der Waals surface area (Å²) in [6.07, 6.45) is -2.45. The molecular formula is C11H18F3NO2. The zero-order chi connectivity index (χ0) is 12.9. The lowest BCUT2D eigenvalue weighted by Crippen LogP contribution is -2.40. The topological polar surface area (TPSA) is 49.3 Å². The van der Waals surface area contributed by atoms with Gasteiger partial charge in [-0.1, -0.05) is 6.42 Å². The summed E-state index contributed by atoms with van der Waals surface area (Å²) in [6.45, 7) is 0.640. The Labute approximate surface area is 98.4 Å². The highest BCUT2D eigenvalue weighted by Gasteiger charge is 2.28. The number of alkyl halides is 3. The van der Waals surface area contributed by atoms with Crippen LogP contribution in [0.25, 0.3) is 0 Å². The van der Waals surface area contributed by atoms with Crippen molar-refractivity contribution < 1.29 is 23.1 Å². The number of carboxylic acids is 1. The first kappa shape index (κ1) is 14.3. The van der Waals surface area contributed by atoms with Gasteiger partial charge in [0.05, 0.1) is 5.92 Å². The van der Waals surface area contributed by atoms with E-state index in [0.717, 1.165) is 0 Å². The molecule has 1 heterocycles. The average Bonchev–Trinajstić information content (AvgIpc) is 2.23. The minimum atomic E-state index is -4.08.